The third kappa shape index (κ3) is 2.95. The van der Waals surface area contributed by atoms with Gasteiger partial charge in [0.15, 0.2) is 0 Å². The highest BCUT2D eigenvalue weighted by atomic mass is 32.1. The first kappa shape index (κ1) is 12.7. The largest absolute Gasteiger partial charge is 0.374 e. The maximum atomic E-state index is 12.9. The van der Waals surface area contributed by atoms with Crippen LogP contribution in [0.4, 0.5) is 10.1 Å². The molecular formula is C14H20FNS. The van der Waals surface area contributed by atoms with Crippen molar-refractivity contribution in [3.8, 4) is 0 Å². The molecule has 0 saturated heterocycles. The van der Waals surface area contributed by atoms with Gasteiger partial charge < -0.3 is 4.90 Å². The number of hydrogen-bond donors (Lipinski definition) is 1. The molecule has 1 aliphatic rings. The van der Waals surface area contributed by atoms with Gasteiger partial charge in [-0.15, -0.1) is 0 Å². The third-order valence-electron chi connectivity index (χ3n) is 3.84. The van der Waals surface area contributed by atoms with Gasteiger partial charge in [-0.1, -0.05) is 12.8 Å². The highest BCUT2D eigenvalue weighted by Crippen LogP contribution is 2.40. The van der Waals surface area contributed by atoms with Crippen molar-refractivity contribution in [3.05, 3.63) is 30.1 Å². The Balaban J connectivity index is 2.05. The Morgan fingerprint density at radius 2 is 1.82 bits per heavy atom. The first-order valence-electron chi connectivity index (χ1n) is 6.23. The van der Waals surface area contributed by atoms with Crippen molar-refractivity contribution < 1.29 is 4.39 Å². The molecule has 1 saturated carbocycles. The molecular weight excluding hydrogens is 233 g/mol. The van der Waals surface area contributed by atoms with Gasteiger partial charge in [0.2, 0.25) is 0 Å². The van der Waals surface area contributed by atoms with E-state index in [9.17, 15) is 4.39 Å². The molecule has 0 bridgehead atoms. The van der Waals surface area contributed by atoms with Crippen molar-refractivity contribution in [1.82, 2.24) is 0 Å². The van der Waals surface area contributed by atoms with Gasteiger partial charge in [0, 0.05) is 19.3 Å². The predicted octanol–water partition coefficient (Wildman–Crippen LogP) is 3.75. The summed E-state index contributed by atoms with van der Waals surface area (Å²) in [4.78, 5) is 2.22. The van der Waals surface area contributed by atoms with E-state index >= 15 is 0 Å². The standard InChI is InChI=1S/C14H20FNS/c1-16(13-6-4-12(15)5-7-13)10-14(11-17)8-2-3-9-14/h4-7,17H,2-3,8-11H2,1H3. The highest BCUT2D eigenvalue weighted by molar-refractivity contribution is 7.80. The molecule has 1 aromatic rings. The Bertz CT molecular complexity index is 357. The van der Waals surface area contributed by atoms with Gasteiger partial charge in [-0.2, -0.15) is 12.6 Å². The lowest BCUT2D eigenvalue weighted by Gasteiger charge is -2.33. The lowest BCUT2D eigenvalue weighted by atomic mass is 9.88. The molecule has 0 heterocycles. The molecule has 0 aromatic heterocycles. The number of hydrogen-bond acceptors (Lipinski definition) is 2. The molecule has 17 heavy (non-hydrogen) atoms. The number of nitrogens with zero attached hydrogens (tertiary/aromatic N) is 1. The van der Waals surface area contributed by atoms with E-state index in [1.165, 1.54) is 37.8 Å². The van der Waals surface area contributed by atoms with E-state index in [-0.39, 0.29) is 5.82 Å². The Kier molecular flexibility index (Phi) is 3.97. The molecule has 0 N–H and O–H groups in total. The molecule has 0 unspecified atom stereocenters. The number of halogens is 1. The van der Waals surface area contributed by atoms with Crippen LogP contribution in [-0.4, -0.2) is 19.3 Å². The van der Waals surface area contributed by atoms with Crippen molar-refractivity contribution in [2.75, 3.05) is 24.2 Å². The van der Waals surface area contributed by atoms with Crippen LogP contribution in [0.5, 0.6) is 0 Å². The van der Waals surface area contributed by atoms with Crippen LogP contribution in [-0.2, 0) is 0 Å². The first-order valence-corrected chi connectivity index (χ1v) is 6.86. The molecule has 1 nitrogen and oxygen atoms in total. The predicted molar refractivity (Wildman–Crippen MR) is 74.4 cm³/mol. The minimum absolute atomic E-state index is 0.174. The number of anilines is 1. The highest BCUT2D eigenvalue weighted by Gasteiger charge is 2.33. The second kappa shape index (κ2) is 5.30. The fourth-order valence-electron chi connectivity index (χ4n) is 2.78. The third-order valence-corrected chi connectivity index (χ3v) is 4.51. The SMILES string of the molecule is CN(CC1(CS)CCCC1)c1ccc(F)cc1. The Morgan fingerprint density at radius 3 is 2.35 bits per heavy atom. The summed E-state index contributed by atoms with van der Waals surface area (Å²) >= 11 is 4.52. The second-order valence-corrected chi connectivity index (χ2v) is 5.51. The Labute approximate surface area is 108 Å². The van der Waals surface area contributed by atoms with Crippen LogP contribution < -0.4 is 4.90 Å². The lowest BCUT2D eigenvalue weighted by molar-refractivity contribution is 0.354. The minimum Gasteiger partial charge on any atom is -0.374 e. The minimum atomic E-state index is -0.174. The normalized spacial score (nSPS) is 18.3. The monoisotopic (exact) mass is 253 g/mol. The maximum Gasteiger partial charge on any atom is 0.123 e. The van der Waals surface area contributed by atoms with Crippen molar-refractivity contribution in [2.45, 2.75) is 25.7 Å². The van der Waals surface area contributed by atoms with Crippen LogP contribution in [0.1, 0.15) is 25.7 Å². The van der Waals surface area contributed by atoms with Crippen molar-refractivity contribution in [1.29, 1.82) is 0 Å². The number of benzene rings is 1. The number of thiol groups is 1. The zero-order chi connectivity index (χ0) is 12.3. The molecule has 3 heteroatoms. The molecule has 94 valence electrons. The van der Waals surface area contributed by atoms with Gasteiger partial charge in [0.25, 0.3) is 0 Å². The van der Waals surface area contributed by atoms with Crippen LogP contribution in [0.15, 0.2) is 24.3 Å². The summed E-state index contributed by atoms with van der Waals surface area (Å²) in [6.45, 7) is 1.02. The molecule has 1 aromatic carbocycles. The van der Waals surface area contributed by atoms with Gasteiger partial charge in [-0.25, -0.2) is 4.39 Å². The molecule has 0 aliphatic heterocycles. The maximum absolute atomic E-state index is 12.9. The molecule has 0 spiro atoms. The van der Waals surface area contributed by atoms with E-state index in [0.717, 1.165) is 18.0 Å². The topological polar surface area (TPSA) is 3.24 Å². The summed E-state index contributed by atoms with van der Waals surface area (Å²) in [5, 5.41) is 0. The molecule has 0 radical (unpaired) electrons. The summed E-state index contributed by atoms with van der Waals surface area (Å²) in [5.74, 6) is 0.769. The van der Waals surface area contributed by atoms with Crippen molar-refractivity contribution in [2.24, 2.45) is 5.41 Å². The quantitative estimate of drug-likeness (QED) is 0.800. The molecule has 0 amide bonds. The van der Waals surface area contributed by atoms with Crippen LogP contribution >= 0.6 is 12.6 Å². The Morgan fingerprint density at radius 1 is 1.24 bits per heavy atom. The molecule has 0 atom stereocenters. The molecule has 1 aliphatic carbocycles. The van der Waals surface area contributed by atoms with E-state index in [4.69, 9.17) is 0 Å². The van der Waals surface area contributed by atoms with E-state index in [1.807, 2.05) is 12.1 Å². The summed E-state index contributed by atoms with van der Waals surface area (Å²) < 4.78 is 12.9. The number of rotatable bonds is 4. The van der Waals surface area contributed by atoms with E-state index in [1.54, 1.807) is 0 Å². The van der Waals surface area contributed by atoms with Gasteiger partial charge >= 0.3 is 0 Å². The molecule has 1 fully saturated rings. The van der Waals surface area contributed by atoms with Crippen LogP contribution in [0.3, 0.4) is 0 Å². The van der Waals surface area contributed by atoms with E-state index < -0.39 is 0 Å². The summed E-state index contributed by atoms with van der Waals surface area (Å²) in [6.07, 6.45) is 5.17. The first-order chi connectivity index (χ1) is 8.15. The molecule has 2 rings (SSSR count). The summed E-state index contributed by atoms with van der Waals surface area (Å²) in [7, 11) is 2.08. The van der Waals surface area contributed by atoms with E-state index in [0.29, 0.717) is 5.41 Å². The van der Waals surface area contributed by atoms with Crippen molar-refractivity contribution in [3.63, 3.8) is 0 Å². The van der Waals surface area contributed by atoms with Gasteiger partial charge in [-0.3, -0.25) is 0 Å². The second-order valence-electron chi connectivity index (χ2n) is 5.20. The zero-order valence-corrected chi connectivity index (χ0v) is 11.2. The average molecular weight is 253 g/mol. The van der Waals surface area contributed by atoms with E-state index in [2.05, 4.69) is 24.6 Å². The van der Waals surface area contributed by atoms with Crippen molar-refractivity contribution >= 4 is 18.3 Å². The van der Waals surface area contributed by atoms with Gasteiger partial charge in [-0.05, 0) is 48.3 Å². The Hall–Kier alpha value is -0.700. The van der Waals surface area contributed by atoms with Crippen LogP contribution in [0.2, 0.25) is 0 Å². The van der Waals surface area contributed by atoms with Crippen LogP contribution in [0, 0.1) is 11.2 Å². The average Bonchev–Trinajstić information content (AvgIpc) is 2.79. The van der Waals surface area contributed by atoms with Crippen LogP contribution in [0.25, 0.3) is 0 Å². The zero-order valence-electron chi connectivity index (χ0n) is 10.3. The summed E-state index contributed by atoms with van der Waals surface area (Å²) in [5.41, 5.74) is 1.44. The fraction of sp³-hybridized carbons (Fsp3) is 0.571. The van der Waals surface area contributed by atoms with Gasteiger partial charge in [0.05, 0.1) is 0 Å². The fourth-order valence-corrected chi connectivity index (χ4v) is 3.20. The lowest BCUT2D eigenvalue weighted by Crippen LogP contribution is -2.35. The summed E-state index contributed by atoms with van der Waals surface area (Å²) in [6, 6.07) is 6.73. The smallest absolute Gasteiger partial charge is 0.123 e. The van der Waals surface area contributed by atoms with Gasteiger partial charge in [0.1, 0.15) is 5.82 Å².